The van der Waals surface area contributed by atoms with E-state index in [1.54, 1.807) is 6.42 Å². The van der Waals surface area contributed by atoms with E-state index in [0.29, 0.717) is 0 Å². The van der Waals surface area contributed by atoms with Crippen LogP contribution in [0, 0.1) is 29.6 Å². The molecule has 3 aliphatic carbocycles. The Morgan fingerprint density at radius 1 is 1.00 bits per heavy atom. The van der Waals surface area contributed by atoms with Gasteiger partial charge >= 0.3 is 0 Å². The van der Waals surface area contributed by atoms with Crippen molar-refractivity contribution >= 4 is 0 Å². The first kappa shape index (κ1) is 6.47. The fourth-order valence-corrected chi connectivity index (χ4v) is 4.13. The average molecular weight is 151 g/mol. The van der Waals surface area contributed by atoms with Crippen LogP contribution in [-0.4, -0.2) is 6.54 Å². The Morgan fingerprint density at radius 3 is 2.64 bits per heavy atom. The molecule has 62 valence electrons. The topological polar surface area (TPSA) is 26.0 Å². The molecule has 0 saturated heterocycles. The van der Waals surface area contributed by atoms with Crippen molar-refractivity contribution in [1.29, 1.82) is 0 Å². The van der Waals surface area contributed by atoms with Crippen LogP contribution in [-0.2, 0) is 0 Å². The van der Waals surface area contributed by atoms with E-state index in [9.17, 15) is 0 Å². The van der Waals surface area contributed by atoms with Crippen LogP contribution in [0.5, 0.6) is 0 Å². The summed E-state index contributed by atoms with van der Waals surface area (Å²) in [5, 5.41) is 0. The molecule has 5 atom stereocenters. The van der Waals surface area contributed by atoms with E-state index < -0.39 is 0 Å². The molecule has 0 aliphatic heterocycles. The fraction of sp³-hybridized carbons (Fsp3) is 1.00. The maximum absolute atomic E-state index is 5.77. The summed E-state index contributed by atoms with van der Waals surface area (Å²) < 4.78 is 0. The molecule has 3 fully saturated rings. The van der Waals surface area contributed by atoms with Gasteiger partial charge in [0.25, 0.3) is 0 Å². The van der Waals surface area contributed by atoms with E-state index in [0.717, 1.165) is 36.1 Å². The van der Waals surface area contributed by atoms with E-state index in [4.69, 9.17) is 5.73 Å². The van der Waals surface area contributed by atoms with Gasteiger partial charge in [-0.05, 0) is 55.4 Å². The van der Waals surface area contributed by atoms with Gasteiger partial charge in [0.1, 0.15) is 0 Å². The molecule has 2 bridgehead atoms. The Labute approximate surface area is 68.3 Å². The average Bonchev–Trinajstić information content (AvgIpc) is 2.20. The Morgan fingerprint density at radius 2 is 1.82 bits per heavy atom. The second-order valence-corrected chi connectivity index (χ2v) is 4.81. The van der Waals surface area contributed by atoms with Crippen molar-refractivity contribution in [3.8, 4) is 0 Å². The van der Waals surface area contributed by atoms with Crippen LogP contribution < -0.4 is 5.73 Å². The summed E-state index contributed by atoms with van der Waals surface area (Å²) in [4.78, 5) is 0. The maximum Gasteiger partial charge on any atom is -0.00434 e. The Balaban J connectivity index is 1.86. The highest BCUT2D eigenvalue weighted by Gasteiger charge is 2.56. The van der Waals surface area contributed by atoms with Crippen LogP contribution in [0.2, 0.25) is 0 Å². The molecule has 0 aromatic heterocycles. The minimum Gasteiger partial charge on any atom is -0.330 e. The van der Waals surface area contributed by atoms with Crippen LogP contribution in [0.3, 0.4) is 0 Å². The van der Waals surface area contributed by atoms with Crippen LogP contribution >= 0.6 is 0 Å². The van der Waals surface area contributed by atoms with E-state index in [-0.39, 0.29) is 0 Å². The van der Waals surface area contributed by atoms with Gasteiger partial charge in [-0.3, -0.25) is 0 Å². The van der Waals surface area contributed by atoms with Gasteiger partial charge in [0.2, 0.25) is 0 Å². The van der Waals surface area contributed by atoms with Crippen molar-refractivity contribution in [3.05, 3.63) is 0 Å². The first-order chi connectivity index (χ1) is 5.40. The lowest BCUT2D eigenvalue weighted by Gasteiger charge is -2.49. The third kappa shape index (κ3) is 0.658. The van der Waals surface area contributed by atoms with Crippen LogP contribution in [0.1, 0.15) is 25.7 Å². The summed E-state index contributed by atoms with van der Waals surface area (Å²) in [7, 11) is 0. The highest BCUT2D eigenvalue weighted by molar-refractivity contribution is 5.05. The molecule has 0 amide bonds. The third-order valence-corrected chi connectivity index (χ3v) is 4.59. The molecule has 3 saturated carbocycles. The maximum atomic E-state index is 5.77. The lowest BCUT2D eigenvalue weighted by atomic mass is 9.56. The summed E-state index contributed by atoms with van der Waals surface area (Å²) in [6.45, 7) is 0.971. The zero-order valence-electron chi connectivity index (χ0n) is 7.00. The lowest BCUT2D eigenvalue weighted by molar-refractivity contribution is -0.00160. The Kier molecular flexibility index (Phi) is 1.18. The SMILES string of the molecule is NCC1C2CC[C@@H]3CC1C2C3. The first-order valence-corrected chi connectivity index (χ1v) is 5.10. The second-order valence-electron chi connectivity index (χ2n) is 4.81. The standard InChI is InChI=1S/C10H17N/c11-5-10-7-2-1-6-3-8(7)9(10)4-6/h6-10H,1-5,11H2/t6-,7?,8?,9?,10?/m0/s1. The minimum absolute atomic E-state index is 0.937. The van der Waals surface area contributed by atoms with Gasteiger partial charge in [-0.25, -0.2) is 0 Å². The van der Waals surface area contributed by atoms with Gasteiger partial charge in [-0.2, -0.15) is 0 Å². The van der Waals surface area contributed by atoms with Crippen LogP contribution in [0.15, 0.2) is 0 Å². The number of hydrogen-bond acceptors (Lipinski definition) is 1. The fourth-order valence-electron chi connectivity index (χ4n) is 4.13. The summed E-state index contributed by atoms with van der Waals surface area (Å²) in [6.07, 6.45) is 6.12. The normalized spacial score (nSPS) is 59.2. The molecule has 0 spiro atoms. The molecule has 3 rings (SSSR count). The monoisotopic (exact) mass is 151 g/mol. The smallest absolute Gasteiger partial charge is 0.00434 e. The molecule has 1 heteroatoms. The van der Waals surface area contributed by atoms with Crippen molar-refractivity contribution in [2.24, 2.45) is 35.3 Å². The molecular formula is C10H17N. The zero-order chi connectivity index (χ0) is 7.42. The number of hydrogen-bond donors (Lipinski definition) is 1. The largest absolute Gasteiger partial charge is 0.330 e. The highest BCUT2D eigenvalue weighted by atomic mass is 14.7. The third-order valence-electron chi connectivity index (χ3n) is 4.59. The number of nitrogens with two attached hydrogens (primary N) is 1. The molecule has 0 radical (unpaired) electrons. The molecule has 0 heterocycles. The lowest BCUT2D eigenvalue weighted by Crippen LogP contribution is -2.47. The Hall–Kier alpha value is -0.0400. The molecule has 2 N–H and O–H groups in total. The van der Waals surface area contributed by atoms with E-state index in [1.165, 1.54) is 19.3 Å². The van der Waals surface area contributed by atoms with Gasteiger partial charge in [-0.1, -0.05) is 6.42 Å². The Bertz CT molecular complexity index is 172. The summed E-state index contributed by atoms with van der Waals surface area (Å²) in [5.74, 6) is 5.30. The predicted molar refractivity (Wildman–Crippen MR) is 45.0 cm³/mol. The number of rotatable bonds is 1. The summed E-state index contributed by atoms with van der Waals surface area (Å²) in [5.41, 5.74) is 5.77. The second kappa shape index (κ2) is 2.01. The van der Waals surface area contributed by atoms with Gasteiger partial charge in [-0.15, -0.1) is 0 Å². The molecule has 11 heavy (non-hydrogen) atoms. The first-order valence-electron chi connectivity index (χ1n) is 5.10. The molecule has 0 aromatic carbocycles. The molecular weight excluding hydrogens is 134 g/mol. The van der Waals surface area contributed by atoms with Crippen molar-refractivity contribution in [3.63, 3.8) is 0 Å². The predicted octanol–water partition coefficient (Wildman–Crippen LogP) is 1.63. The van der Waals surface area contributed by atoms with E-state index in [2.05, 4.69) is 0 Å². The minimum atomic E-state index is 0.937. The van der Waals surface area contributed by atoms with E-state index in [1.807, 2.05) is 0 Å². The summed E-state index contributed by atoms with van der Waals surface area (Å²) >= 11 is 0. The highest BCUT2D eigenvalue weighted by Crippen LogP contribution is 2.62. The number of fused-ring (bicyclic) bond motifs is 1. The van der Waals surface area contributed by atoms with Gasteiger partial charge in [0, 0.05) is 0 Å². The molecule has 3 aliphatic rings. The molecule has 4 unspecified atom stereocenters. The van der Waals surface area contributed by atoms with Gasteiger partial charge in [0.05, 0.1) is 0 Å². The zero-order valence-corrected chi connectivity index (χ0v) is 7.00. The van der Waals surface area contributed by atoms with Crippen molar-refractivity contribution in [2.75, 3.05) is 6.54 Å². The van der Waals surface area contributed by atoms with Crippen molar-refractivity contribution in [2.45, 2.75) is 25.7 Å². The van der Waals surface area contributed by atoms with Crippen molar-refractivity contribution < 1.29 is 0 Å². The van der Waals surface area contributed by atoms with Crippen LogP contribution in [0.25, 0.3) is 0 Å². The van der Waals surface area contributed by atoms with Gasteiger partial charge < -0.3 is 5.73 Å². The molecule has 1 nitrogen and oxygen atoms in total. The summed E-state index contributed by atoms with van der Waals surface area (Å²) in [6, 6.07) is 0. The van der Waals surface area contributed by atoms with Gasteiger partial charge in [0.15, 0.2) is 0 Å². The van der Waals surface area contributed by atoms with E-state index >= 15 is 0 Å². The van der Waals surface area contributed by atoms with Crippen LogP contribution in [0.4, 0.5) is 0 Å². The molecule has 0 aromatic rings. The quantitative estimate of drug-likeness (QED) is 0.605. The van der Waals surface area contributed by atoms with Crippen molar-refractivity contribution in [1.82, 2.24) is 0 Å².